The van der Waals surface area contributed by atoms with Crippen LogP contribution in [0.5, 0.6) is 0 Å². The van der Waals surface area contributed by atoms with Crippen LogP contribution in [0.4, 0.5) is 5.69 Å². The molecule has 1 heterocycles. The fourth-order valence-corrected chi connectivity index (χ4v) is 4.71. The molecular formula is C16H26N2O2S. The van der Waals surface area contributed by atoms with Gasteiger partial charge in [-0.3, -0.25) is 0 Å². The molecule has 1 unspecified atom stereocenters. The Labute approximate surface area is 128 Å². The Morgan fingerprint density at radius 1 is 1.19 bits per heavy atom. The molecule has 1 aromatic carbocycles. The van der Waals surface area contributed by atoms with Gasteiger partial charge in [-0.2, -0.15) is 4.31 Å². The molecule has 0 bridgehead atoms. The van der Waals surface area contributed by atoms with Gasteiger partial charge in [-0.1, -0.05) is 13.8 Å². The maximum Gasteiger partial charge on any atom is 0.243 e. The molecule has 4 nitrogen and oxygen atoms in total. The van der Waals surface area contributed by atoms with E-state index in [4.69, 9.17) is 5.73 Å². The maximum absolute atomic E-state index is 12.8. The molecule has 1 aliphatic heterocycles. The summed E-state index contributed by atoms with van der Waals surface area (Å²) in [5.41, 5.74) is 7.18. The van der Waals surface area contributed by atoms with Gasteiger partial charge >= 0.3 is 0 Å². The van der Waals surface area contributed by atoms with Gasteiger partial charge in [0.2, 0.25) is 10.0 Å². The molecule has 21 heavy (non-hydrogen) atoms. The molecule has 1 atom stereocenters. The lowest BCUT2D eigenvalue weighted by atomic mass is 9.89. The van der Waals surface area contributed by atoms with Crippen LogP contribution in [0.2, 0.25) is 0 Å². The first-order chi connectivity index (χ1) is 9.80. The zero-order valence-corrected chi connectivity index (χ0v) is 14.0. The number of sulfonamides is 1. The van der Waals surface area contributed by atoms with E-state index in [1.807, 2.05) is 6.92 Å². The second-order valence-electron chi connectivity index (χ2n) is 6.42. The zero-order chi connectivity index (χ0) is 15.6. The van der Waals surface area contributed by atoms with Gasteiger partial charge in [-0.25, -0.2) is 8.42 Å². The number of hydrogen-bond donors (Lipinski definition) is 1. The molecule has 1 saturated heterocycles. The minimum atomic E-state index is -3.43. The molecule has 0 amide bonds. The van der Waals surface area contributed by atoms with E-state index in [9.17, 15) is 8.42 Å². The van der Waals surface area contributed by atoms with E-state index < -0.39 is 10.0 Å². The van der Waals surface area contributed by atoms with Gasteiger partial charge in [0.15, 0.2) is 0 Å². The predicted molar refractivity (Wildman–Crippen MR) is 86.5 cm³/mol. The fraction of sp³-hybridized carbons (Fsp3) is 0.625. The van der Waals surface area contributed by atoms with E-state index in [0.717, 1.165) is 24.8 Å². The minimum absolute atomic E-state index is 0.322. The maximum atomic E-state index is 12.8. The van der Waals surface area contributed by atoms with E-state index in [-0.39, 0.29) is 0 Å². The lowest BCUT2D eigenvalue weighted by Crippen LogP contribution is -2.32. The summed E-state index contributed by atoms with van der Waals surface area (Å²) in [6, 6.07) is 5.06. The van der Waals surface area contributed by atoms with Gasteiger partial charge in [-0.15, -0.1) is 0 Å². The molecular weight excluding hydrogens is 284 g/mol. The molecule has 2 rings (SSSR count). The van der Waals surface area contributed by atoms with Gasteiger partial charge in [0.1, 0.15) is 0 Å². The van der Waals surface area contributed by atoms with Crippen LogP contribution < -0.4 is 5.73 Å². The molecule has 1 aromatic rings. The Morgan fingerprint density at radius 2 is 1.90 bits per heavy atom. The highest BCUT2D eigenvalue weighted by molar-refractivity contribution is 7.89. The lowest BCUT2D eigenvalue weighted by molar-refractivity contribution is 0.341. The van der Waals surface area contributed by atoms with Crippen molar-refractivity contribution < 1.29 is 8.42 Å². The van der Waals surface area contributed by atoms with Gasteiger partial charge in [0.25, 0.3) is 0 Å². The Bertz CT molecular complexity index is 576. The summed E-state index contributed by atoms with van der Waals surface area (Å²) in [4.78, 5) is 0.322. The van der Waals surface area contributed by atoms with Crippen molar-refractivity contribution in [2.24, 2.45) is 11.8 Å². The summed E-state index contributed by atoms with van der Waals surface area (Å²) < 4.78 is 27.2. The minimum Gasteiger partial charge on any atom is -0.399 e. The first kappa shape index (κ1) is 16.3. The highest BCUT2D eigenvalue weighted by Gasteiger charge is 2.28. The van der Waals surface area contributed by atoms with Gasteiger partial charge in [0.05, 0.1) is 4.90 Å². The van der Waals surface area contributed by atoms with Crippen LogP contribution >= 0.6 is 0 Å². The number of hydrogen-bond acceptors (Lipinski definition) is 3. The average Bonchev–Trinajstić information content (AvgIpc) is 2.63. The van der Waals surface area contributed by atoms with Crippen LogP contribution in [0, 0.1) is 18.8 Å². The number of nitrogens with two attached hydrogens (primary N) is 1. The Hall–Kier alpha value is -1.07. The Balaban J connectivity index is 2.23. The number of rotatable bonds is 3. The quantitative estimate of drug-likeness (QED) is 0.873. The van der Waals surface area contributed by atoms with Crippen molar-refractivity contribution in [3.63, 3.8) is 0 Å². The first-order valence-corrected chi connectivity index (χ1v) is 9.12. The molecule has 0 spiro atoms. The molecule has 1 aliphatic rings. The van der Waals surface area contributed by atoms with Crippen LogP contribution in [-0.2, 0) is 10.0 Å². The third-order valence-corrected chi connectivity index (χ3v) is 6.26. The monoisotopic (exact) mass is 310 g/mol. The Morgan fingerprint density at radius 3 is 2.52 bits per heavy atom. The molecule has 0 aliphatic carbocycles. The van der Waals surface area contributed by atoms with Crippen LogP contribution in [0.15, 0.2) is 23.1 Å². The van der Waals surface area contributed by atoms with Gasteiger partial charge < -0.3 is 5.73 Å². The summed E-state index contributed by atoms with van der Waals surface area (Å²) in [6.07, 6.45) is 2.99. The average molecular weight is 310 g/mol. The molecule has 1 fully saturated rings. The van der Waals surface area contributed by atoms with Crippen molar-refractivity contribution in [2.75, 3.05) is 18.8 Å². The van der Waals surface area contributed by atoms with E-state index in [1.165, 1.54) is 0 Å². The number of nitrogens with zero attached hydrogens (tertiary/aromatic N) is 1. The molecule has 0 saturated carbocycles. The topological polar surface area (TPSA) is 63.4 Å². The van der Waals surface area contributed by atoms with Gasteiger partial charge in [-0.05, 0) is 61.8 Å². The third-order valence-electron chi connectivity index (χ3n) is 4.39. The smallest absolute Gasteiger partial charge is 0.243 e. The molecule has 5 heteroatoms. The van der Waals surface area contributed by atoms with Crippen molar-refractivity contribution in [1.82, 2.24) is 4.31 Å². The number of aryl methyl sites for hydroxylation is 1. The van der Waals surface area contributed by atoms with E-state index in [2.05, 4.69) is 13.8 Å². The summed E-state index contributed by atoms with van der Waals surface area (Å²) in [5, 5.41) is 0. The van der Waals surface area contributed by atoms with Crippen molar-refractivity contribution in [1.29, 1.82) is 0 Å². The molecule has 0 aromatic heterocycles. The van der Waals surface area contributed by atoms with E-state index >= 15 is 0 Å². The second kappa shape index (κ2) is 6.36. The van der Waals surface area contributed by atoms with Crippen LogP contribution in [0.1, 0.15) is 38.7 Å². The molecule has 0 radical (unpaired) electrons. The normalized spacial score (nSPS) is 21.4. The van der Waals surface area contributed by atoms with E-state index in [0.29, 0.717) is 35.5 Å². The molecule has 2 N–H and O–H groups in total. The lowest BCUT2D eigenvalue weighted by Gasteiger charge is -2.21. The number of nitrogen functional groups attached to an aromatic ring is 1. The standard InChI is InChI=1S/C16H26N2O2S/c1-12(2)14-5-4-7-18(8-6-14)21(19,20)16-10-13(3)9-15(17)11-16/h9-12,14H,4-8,17H2,1-3H3. The summed E-state index contributed by atoms with van der Waals surface area (Å²) in [6.45, 7) is 7.52. The number of benzene rings is 1. The second-order valence-corrected chi connectivity index (χ2v) is 8.36. The van der Waals surface area contributed by atoms with E-state index in [1.54, 1.807) is 22.5 Å². The number of anilines is 1. The van der Waals surface area contributed by atoms with Gasteiger partial charge in [0, 0.05) is 18.8 Å². The molecule has 118 valence electrons. The predicted octanol–water partition coefficient (Wildman–Crippen LogP) is 3.02. The zero-order valence-electron chi connectivity index (χ0n) is 13.2. The first-order valence-electron chi connectivity index (χ1n) is 7.68. The SMILES string of the molecule is Cc1cc(N)cc(S(=O)(=O)N2CCCC(C(C)C)CC2)c1. The fourth-order valence-electron chi connectivity index (χ4n) is 3.08. The summed E-state index contributed by atoms with van der Waals surface area (Å²) >= 11 is 0. The van der Waals surface area contributed by atoms with Crippen molar-refractivity contribution in [3.05, 3.63) is 23.8 Å². The third kappa shape index (κ3) is 3.77. The van der Waals surface area contributed by atoms with Crippen molar-refractivity contribution in [3.8, 4) is 0 Å². The van der Waals surface area contributed by atoms with Crippen molar-refractivity contribution in [2.45, 2.75) is 44.9 Å². The van der Waals surface area contributed by atoms with Crippen LogP contribution in [0.3, 0.4) is 0 Å². The highest BCUT2D eigenvalue weighted by Crippen LogP contribution is 2.28. The summed E-state index contributed by atoms with van der Waals surface area (Å²) in [5.74, 6) is 1.23. The van der Waals surface area contributed by atoms with Crippen molar-refractivity contribution >= 4 is 15.7 Å². The van der Waals surface area contributed by atoms with Crippen LogP contribution in [-0.4, -0.2) is 25.8 Å². The summed E-state index contributed by atoms with van der Waals surface area (Å²) in [7, 11) is -3.43. The Kier molecular flexibility index (Phi) is 4.94. The largest absolute Gasteiger partial charge is 0.399 e. The van der Waals surface area contributed by atoms with Crippen LogP contribution in [0.25, 0.3) is 0 Å². The highest BCUT2D eigenvalue weighted by atomic mass is 32.2.